The van der Waals surface area contributed by atoms with E-state index in [0.29, 0.717) is 13.2 Å². The highest BCUT2D eigenvalue weighted by Crippen LogP contribution is 2.44. The third kappa shape index (κ3) is 2.31. The molecule has 4 heteroatoms. The Morgan fingerprint density at radius 1 is 1.28 bits per heavy atom. The molecule has 2 heterocycles. The van der Waals surface area contributed by atoms with Gasteiger partial charge in [-0.2, -0.15) is 0 Å². The van der Waals surface area contributed by atoms with E-state index in [4.69, 9.17) is 14.2 Å². The number of ether oxygens (including phenoxy) is 3. The lowest BCUT2D eigenvalue weighted by atomic mass is 9.69. The van der Waals surface area contributed by atoms with Crippen LogP contribution in [-0.4, -0.2) is 48.8 Å². The second-order valence-electron chi connectivity index (χ2n) is 6.39. The smallest absolute Gasteiger partial charge is 0.0940 e. The third-order valence-corrected chi connectivity index (χ3v) is 5.08. The molecule has 2 rings (SSSR count). The van der Waals surface area contributed by atoms with Crippen LogP contribution in [0.15, 0.2) is 0 Å². The average molecular weight is 258 g/mol. The fraction of sp³-hybridized carbons (Fsp3) is 1.00. The number of rotatable bonds is 3. The minimum absolute atomic E-state index is 0.170. The van der Waals surface area contributed by atoms with Crippen molar-refractivity contribution in [2.45, 2.75) is 56.8 Å². The van der Waals surface area contributed by atoms with Crippen LogP contribution in [-0.2, 0) is 14.2 Å². The zero-order valence-electron chi connectivity index (χ0n) is 12.0. The molecule has 2 fully saturated rings. The molecule has 2 saturated heterocycles. The highest BCUT2D eigenvalue weighted by Gasteiger charge is 2.51. The molecular formula is C14H26O4. The molecule has 0 aliphatic carbocycles. The number of methoxy groups -OCH3 is 1. The number of aliphatic hydroxyl groups is 1. The minimum atomic E-state index is -0.860. The molecule has 4 nitrogen and oxygen atoms in total. The summed E-state index contributed by atoms with van der Waals surface area (Å²) in [6, 6.07) is 0. The second-order valence-corrected chi connectivity index (χ2v) is 6.39. The Morgan fingerprint density at radius 3 is 2.56 bits per heavy atom. The van der Waals surface area contributed by atoms with Gasteiger partial charge in [-0.1, -0.05) is 0 Å². The third-order valence-electron chi connectivity index (χ3n) is 5.08. The topological polar surface area (TPSA) is 47.9 Å². The SMILES string of the molecule is COC(C)(C)C(C)(O)C1CCOC2(CCOC2)C1. The Bertz CT molecular complexity index is 292. The van der Waals surface area contributed by atoms with Gasteiger partial charge in [0.1, 0.15) is 0 Å². The fourth-order valence-corrected chi connectivity index (χ4v) is 3.07. The van der Waals surface area contributed by atoms with E-state index in [9.17, 15) is 5.11 Å². The summed E-state index contributed by atoms with van der Waals surface area (Å²) in [5, 5.41) is 10.9. The Labute approximate surface area is 110 Å². The van der Waals surface area contributed by atoms with Crippen molar-refractivity contribution < 1.29 is 19.3 Å². The van der Waals surface area contributed by atoms with Crippen LogP contribution in [0.2, 0.25) is 0 Å². The fourth-order valence-electron chi connectivity index (χ4n) is 3.07. The van der Waals surface area contributed by atoms with E-state index in [1.54, 1.807) is 7.11 Å². The van der Waals surface area contributed by atoms with Gasteiger partial charge in [-0.15, -0.1) is 0 Å². The summed E-state index contributed by atoms with van der Waals surface area (Å²) in [6.45, 7) is 7.90. The van der Waals surface area contributed by atoms with Gasteiger partial charge in [0, 0.05) is 26.7 Å². The molecule has 3 atom stereocenters. The molecule has 0 saturated carbocycles. The summed E-state index contributed by atoms with van der Waals surface area (Å²) in [7, 11) is 1.66. The Hall–Kier alpha value is -0.160. The van der Waals surface area contributed by atoms with Gasteiger partial charge in [-0.3, -0.25) is 0 Å². The molecule has 0 aromatic rings. The van der Waals surface area contributed by atoms with Crippen LogP contribution in [0.3, 0.4) is 0 Å². The zero-order valence-corrected chi connectivity index (χ0v) is 12.0. The van der Waals surface area contributed by atoms with Crippen LogP contribution in [0.1, 0.15) is 40.0 Å². The largest absolute Gasteiger partial charge is 0.387 e. The maximum Gasteiger partial charge on any atom is 0.0940 e. The summed E-state index contributed by atoms with van der Waals surface area (Å²) >= 11 is 0. The molecule has 1 N–H and O–H groups in total. The Balaban J connectivity index is 2.13. The summed E-state index contributed by atoms with van der Waals surface area (Å²) in [6.07, 6.45) is 2.67. The normalized spacial score (nSPS) is 36.8. The van der Waals surface area contributed by atoms with Crippen molar-refractivity contribution in [1.82, 2.24) is 0 Å². The van der Waals surface area contributed by atoms with Gasteiger partial charge in [0.2, 0.25) is 0 Å². The Kier molecular flexibility index (Phi) is 3.76. The lowest BCUT2D eigenvalue weighted by Gasteiger charge is -2.49. The molecule has 18 heavy (non-hydrogen) atoms. The first-order chi connectivity index (χ1) is 8.33. The quantitative estimate of drug-likeness (QED) is 0.838. The lowest BCUT2D eigenvalue weighted by molar-refractivity contribution is -0.204. The molecule has 2 aliphatic heterocycles. The van der Waals surface area contributed by atoms with Crippen molar-refractivity contribution >= 4 is 0 Å². The van der Waals surface area contributed by atoms with Crippen LogP contribution < -0.4 is 0 Å². The number of hydrogen-bond donors (Lipinski definition) is 1. The van der Waals surface area contributed by atoms with Gasteiger partial charge >= 0.3 is 0 Å². The predicted octanol–water partition coefficient (Wildman–Crippen LogP) is 1.75. The van der Waals surface area contributed by atoms with E-state index in [-0.39, 0.29) is 11.5 Å². The molecule has 0 aromatic carbocycles. The van der Waals surface area contributed by atoms with E-state index < -0.39 is 11.2 Å². The van der Waals surface area contributed by atoms with Gasteiger partial charge in [-0.25, -0.2) is 0 Å². The van der Waals surface area contributed by atoms with E-state index in [2.05, 4.69) is 0 Å². The first kappa shape index (κ1) is 14.3. The van der Waals surface area contributed by atoms with Crippen LogP contribution in [0.25, 0.3) is 0 Å². The molecule has 0 aromatic heterocycles. The summed E-state index contributed by atoms with van der Waals surface area (Å²) in [5.41, 5.74) is -1.59. The maximum atomic E-state index is 10.9. The van der Waals surface area contributed by atoms with Gasteiger partial charge in [0.15, 0.2) is 0 Å². The standard InChI is InChI=1S/C14H26O4/c1-12(2,16-4)13(3,15)11-5-7-18-14(9-11)6-8-17-10-14/h11,15H,5-10H2,1-4H3. The van der Waals surface area contributed by atoms with Gasteiger partial charge < -0.3 is 19.3 Å². The first-order valence-corrected chi connectivity index (χ1v) is 6.82. The lowest BCUT2D eigenvalue weighted by Crippen LogP contribution is -2.58. The van der Waals surface area contributed by atoms with Gasteiger partial charge in [0.05, 0.1) is 23.4 Å². The highest BCUT2D eigenvalue weighted by molar-refractivity contribution is 5.02. The van der Waals surface area contributed by atoms with E-state index in [1.807, 2.05) is 20.8 Å². The van der Waals surface area contributed by atoms with E-state index in [1.165, 1.54) is 0 Å². The van der Waals surface area contributed by atoms with E-state index in [0.717, 1.165) is 25.9 Å². The van der Waals surface area contributed by atoms with Crippen molar-refractivity contribution in [2.24, 2.45) is 5.92 Å². The van der Waals surface area contributed by atoms with Crippen molar-refractivity contribution in [3.63, 3.8) is 0 Å². The van der Waals surface area contributed by atoms with Crippen molar-refractivity contribution in [3.05, 3.63) is 0 Å². The van der Waals surface area contributed by atoms with Crippen molar-refractivity contribution in [2.75, 3.05) is 26.9 Å². The van der Waals surface area contributed by atoms with Crippen LogP contribution in [0.5, 0.6) is 0 Å². The summed E-state index contributed by atoms with van der Waals surface area (Å²) in [5.74, 6) is 0.183. The molecule has 0 bridgehead atoms. The molecule has 0 radical (unpaired) electrons. The first-order valence-electron chi connectivity index (χ1n) is 6.82. The van der Waals surface area contributed by atoms with Crippen molar-refractivity contribution in [1.29, 1.82) is 0 Å². The second kappa shape index (κ2) is 4.75. The molecule has 3 unspecified atom stereocenters. The number of hydrogen-bond acceptors (Lipinski definition) is 4. The maximum absolute atomic E-state index is 10.9. The molecule has 1 spiro atoms. The zero-order chi connectivity index (χ0) is 13.4. The molecule has 106 valence electrons. The van der Waals surface area contributed by atoms with Crippen LogP contribution in [0, 0.1) is 5.92 Å². The highest BCUT2D eigenvalue weighted by atomic mass is 16.6. The van der Waals surface area contributed by atoms with Crippen LogP contribution >= 0.6 is 0 Å². The monoisotopic (exact) mass is 258 g/mol. The molecular weight excluding hydrogens is 232 g/mol. The summed E-state index contributed by atoms with van der Waals surface area (Å²) < 4.78 is 16.9. The van der Waals surface area contributed by atoms with Gasteiger partial charge in [0.25, 0.3) is 0 Å². The van der Waals surface area contributed by atoms with Gasteiger partial charge in [-0.05, 0) is 39.5 Å². The van der Waals surface area contributed by atoms with Crippen molar-refractivity contribution in [3.8, 4) is 0 Å². The minimum Gasteiger partial charge on any atom is -0.387 e. The predicted molar refractivity (Wildman–Crippen MR) is 68.6 cm³/mol. The molecule has 0 amide bonds. The summed E-state index contributed by atoms with van der Waals surface area (Å²) in [4.78, 5) is 0. The molecule has 2 aliphatic rings. The average Bonchev–Trinajstić information content (AvgIpc) is 2.77. The van der Waals surface area contributed by atoms with Crippen LogP contribution in [0.4, 0.5) is 0 Å². The van der Waals surface area contributed by atoms with E-state index >= 15 is 0 Å². The Morgan fingerprint density at radius 2 is 2.00 bits per heavy atom.